The fourth-order valence-electron chi connectivity index (χ4n) is 7.35. The van der Waals surface area contributed by atoms with Gasteiger partial charge in [0, 0.05) is 25.8 Å². The molecule has 2 aromatic heterocycles. The molecular formula is C44H59N9O14P2S. The molecule has 0 aliphatic carbocycles. The molecule has 7 rings (SSSR count). The van der Waals surface area contributed by atoms with Crippen LogP contribution >= 0.6 is 16.1 Å². The zero-order valence-corrected chi connectivity index (χ0v) is 42.7. The van der Waals surface area contributed by atoms with Crippen LogP contribution in [0.2, 0.25) is 0 Å². The molecule has 2 N–H and O–H groups in total. The van der Waals surface area contributed by atoms with E-state index in [1.54, 1.807) is 107 Å². The molecule has 1 amide bonds. The number of hydrogen-bond donors (Lipinski definition) is 2. The lowest BCUT2D eigenvalue weighted by Gasteiger charge is -2.30. The van der Waals surface area contributed by atoms with Gasteiger partial charge in [-0.2, -0.15) is 0 Å². The fraction of sp³-hybridized carbons (Fsp3) is 0.523. The van der Waals surface area contributed by atoms with Gasteiger partial charge >= 0.3 is 19.5 Å². The van der Waals surface area contributed by atoms with E-state index < -0.39 is 93.0 Å². The Hall–Kier alpha value is -5.00. The van der Waals surface area contributed by atoms with Gasteiger partial charge in [-0.3, -0.25) is 28.0 Å². The van der Waals surface area contributed by atoms with E-state index in [0.717, 1.165) is 0 Å². The Morgan fingerprint density at radius 3 is 2.19 bits per heavy atom. The molecule has 2 aromatic carbocycles. The number of fused-ring (bicyclic) bond motifs is 1. The summed E-state index contributed by atoms with van der Waals surface area (Å²) >= 11 is 0. The fourth-order valence-corrected chi connectivity index (χ4v) is 11.9. The van der Waals surface area contributed by atoms with Crippen LogP contribution in [0.15, 0.2) is 78.1 Å². The molecule has 3 aliphatic rings. The number of nitrogens with zero attached hydrogens (tertiary/aromatic N) is 7. The van der Waals surface area contributed by atoms with E-state index in [0.29, 0.717) is 30.0 Å². The Morgan fingerprint density at radius 1 is 0.929 bits per heavy atom. The van der Waals surface area contributed by atoms with Gasteiger partial charge in [-0.1, -0.05) is 48.5 Å². The average Bonchev–Trinajstić information content (AvgIpc) is 4.13. The summed E-state index contributed by atoms with van der Waals surface area (Å²) in [5.74, 6) is -1.31. The van der Waals surface area contributed by atoms with Crippen LogP contribution in [0.1, 0.15) is 65.2 Å². The van der Waals surface area contributed by atoms with Gasteiger partial charge in [-0.15, -0.1) is 5.10 Å². The Balaban J connectivity index is 1.17. The first kappa shape index (κ1) is 52.8. The van der Waals surface area contributed by atoms with Gasteiger partial charge in [-0.25, -0.2) is 27.7 Å². The highest BCUT2D eigenvalue weighted by Crippen LogP contribution is 2.53. The molecule has 0 spiro atoms. The number of nitrogens with one attached hydrogen (secondary N) is 2. The highest BCUT2D eigenvalue weighted by molar-refractivity contribution is 7.91. The molecule has 4 aromatic rings. The highest BCUT2D eigenvalue weighted by atomic mass is 32.2. The molecule has 0 bridgehead atoms. The van der Waals surface area contributed by atoms with Gasteiger partial charge in [0.1, 0.15) is 30.3 Å². The SMILES string of the molecule is CCCN1C[C@H](CS(=O)(=O)c2ccccc2)OP1OC1C(Cn2cc(P(=O)(OCOC(=O)C(C)(C)C)OCOC(=O)C(C)(C)C)nn2)OC(N2CNc3c(NC(=O)c4ccccc4)ncnc32)C1OC. The van der Waals surface area contributed by atoms with Gasteiger partial charge < -0.3 is 43.5 Å². The first-order chi connectivity index (χ1) is 33.2. The van der Waals surface area contributed by atoms with Crippen LogP contribution in [0.5, 0.6) is 0 Å². The standard InChI is InChI=1S/C44H59N9O14P2S/c1-9-20-52-21-30(24-70(58,59)31-18-14-11-15-19-31)66-68(52)67-35-32(22-51-23-33(49-50-51)69(57,63-27-61-41(55)43(2,3)4)64-28-62-42(56)44(5,6)7)65-40(36(35)60-8)53-26-47-34-37(45-25-46-38(34)53)48-39(54)29-16-12-10-13-17-29/h10-19,23,25,30,32,35-36,40,47H,9,20-22,24,26-28H2,1-8H3,(H,45,46,48,54)/t30-,32?,35?,36?,40?,68?/m1/s1. The van der Waals surface area contributed by atoms with Crippen LogP contribution < -0.4 is 21.0 Å². The molecule has 23 nitrogen and oxygen atoms in total. The lowest BCUT2D eigenvalue weighted by Crippen LogP contribution is -2.46. The monoisotopic (exact) mass is 1030 g/mol. The maximum absolute atomic E-state index is 14.4. The summed E-state index contributed by atoms with van der Waals surface area (Å²) in [5.41, 5.74) is -1.25. The number of amides is 1. The molecule has 5 unspecified atom stereocenters. The number of carbonyl (C=O) groups excluding carboxylic acids is 3. The normalized spacial score (nSPS) is 21.9. The largest absolute Gasteiger partial charge is 0.438 e. The predicted octanol–water partition coefficient (Wildman–Crippen LogP) is 5.09. The summed E-state index contributed by atoms with van der Waals surface area (Å²) in [6, 6.07) is 16.8. The zero-order chi connectivity index (χ0) is 50.4. The van der Waals surface area contributed by atoms with Crippen LogP contribution in [0, 0.1) is 10.8 Å². The Morgan fingerprint density at radius 2 is 1.57 bits per heavy atom. The minimum Gasteiger partial charge on any atom is -0.438 e. The van der Waals surface area contributed by atoms with Gasteiger partial charge in [0.15, 0.2) is 33.1 Å². The van der Waals surface area contributed by atoms with Crippen molar-refractivity contribution in [3.05, 3.63) is 78.8 Å². The Kier molecular flexibility index (Phi) is 16.7. The number of benzene rings is 2. The van der Waals surface area contributed by atoms with Crippen LogP contribution in [0.3, 0.4) is 0 Å². The summed E-state index contributed by atoms with van der Waals surface area (Å²) in [6.45, 7) is 11.1. The second-order valence-corrected chi connectivity index (χ2v) is 24.0. The third-order valence-corrected chi connectivity index (χ3v) is 16.2. The van der Waals surface area contributed by atoms with Crippen LogP contribution in [0.4, 0.5) is 17.3 Å². The van der Waals surface area contributed by atoms with Gasteiger partial charge in [0.25, 0.3) is 14.4 Å². The zero-order valence-electron chi connectivity index (χ0n) is 40.1. The quantitative estimate of drug-likeness (QED) is 0.0663. The maximum atomic E-state index is 14.4. The first-order valence-electron chi connectivity index (χ1n) is 22.4. The van der Waals surface area contributed by atoms with Crippen molar-refractivity contribution in [1.29, 1.82) is 0 Å². The molecule has 380 valence electrons. The Labute approximate surface area is 407 Å². The van der Waals surface area contributed by atoms with Crippen LogP contribution in [0.25, 0.3) is 0 Å². The summed E-state index contributed by atoms with van der Waals surface area (Å²) in [4.78, 5) is 49.2. The third kappa shape index (κ3) is 12.5. The Bertz CT molecular complexity index is 2580. The van der Waals surface area contributed by atoms with Crippen LogP contribution in [-0.2, 0) is 67.6 Å². The number of hydrogen-bond acceptors (Lipinski definition) is 21. The van der Waals surface area contributed by atoms with E-state index in [1.807, 2.05) is 11.6 Å². The molecule has 26 heteroatoms. The van der Waals surface area contributed by atoms with Gasteiger partial charge in [0.05, 0.1) is 47.0 Å². The molecule has 3 aliphatic heterocycles. The number of carbonyl (C=O) groups is 3. The number of anilines is 3. The minimum atomic E-state index is -4.51. The summed E-state index contributed by atoms with van der Waals surface area (Å²) in [5, 5.41) is 14.5. The van der Waals surface area contributed by atoms with E-state index in [9.17, 15) is 27.4 Å². The highest BCUT2D eigenvalue weighted by Gasteiger charge is 2.53. The molecule has 0 radical (unpaired) electrons. The van der Waals surface area contributed by atoms with Crippen molar-refractivity contribution < 1.29 is 64.4 Å². The number of aromatic nitrogens is 5. The second-order valence-electron chi connectivity index (χ2n) is 18.5. The number of rotatable bonds is 20. The summed E-state index contributed by atoms with van der Waals surface area (Å²) in [6.07, 6.45) is -1.05. The molecule has 6 atom stereocenters. The third-order valence-electron chi connectivity index (χ3n) is 11.0. The van der Waals surface area contributed by atoms with E-state index in [4.69, 9.17) is 37.0 Å². The van der Waals surface area contributed by atoms with Gasteiger partial charge in [0.2, 0.25) is 13.6 Å². The molecular weight excluding hydrogens is 973 g/mol. The van der Waals surface area contributed by atoms with Crippen molar-refractivity contribution in [3.8, 4) is 0 Å². The van der Waals surface area contributed by atoms with E-state index in [-0.39, 0.29) is 47.6 Å². The van der Waals surface area contributed by atoms with Crippen molar-refractivity contribution in [2.45, 2.75) is 97.0 Å². The minimum absolute atomic E-state index is 0.106. The smallest absolute Gasteiger partial charge is 0.388 e. The van der Waals surface area contributed by atoms with Crippen molar-refractivity contribution in [3.63, 3.8) is 0 Å². The van der Waals surface area contributed by atoms with Crippen molar-refractivity contribution in [2.24, 2.45) is 10.8 Å². The molecule has 2 fully saturated rings. The van der Waals surface area contributed by atoms with Crippen molar-refractivity contribution in [2.75, 3.05) is 61.7 Å². The lowest BCUT2D eigenvalue weighted by atomic mass is 9.98. The molecule has 5 heterocycles. The molecule has 2 saturated heterocycles. The van der Waals surface area contributed by atoms with Gasteiger partial charge in [-0.05, 0) is 72.2 Å². The number of ether oxygens (including phenoxy) is 4. The average molecular weight is 1030 g/mol. The lowest BCUT2D eigenvalue weighted by molar-refractivity contribution is -0.161. The molecule has 0 saturated carbocycles. The van der Waals surface area contributed by atoms with Crippen molar-refractivity contribution >= 4 is 66.6 Å². The summed E-state index contributed by atoms with van der Waals surface area (Å²) < 4.78 is 92.6. The summed E-state index contributed by atoms with van der Waals surface area (Å²) in [7, 11) is -8.65. The van der Waals surface area contributed by atoms with E-state index >= 15 is 0 Å². The number of methoxy groups -OCH3 is 1. The van der Waals surface area contributed by atoms with E-state index in [2.05, 4.69) is 30.9 Å². The van der Waals surface area contributed by atoms with E-state index in [1.165, 1.54) is 24.3 Å². The first-order valence-corrected chi connectivity index (χ1v) is 26.7. The van der Waals surface area contributed by atoms with Crippen LogP contribution in [-0.4, -0.2) is 133 Å². The number of esters is 2. The predicted molar refractivity (Wildman–Crippen MR) is 254 cm³/mol. The number of sulfone groups is 1. The molecule has 70 heavy (non-hydrogen) atoms. The topological polar surface area (TPSA) is 263 Å². The second kappa shape index (κ2) is 22.2. The maximum Gasteiger partial charge on any atom is 0.388 e. The van der Waals surface area contributed by atoms with Crippen molar-refractivity contribution in [1.82, 2.24) is 29.6 Å².